The van der Waals surface area contributed by atoms with Crippen molar-refractivity contribution in [3.05, 3.63) is 5.89 Å². The van der Waals surface area contributed by atoms with Crippen molar-refractivity contribution in [1.29, 1.82) is 0 Å². The summed E-state index contributed by atoms with van der Waals surface area (Å²) in [6.45, 7) is 14.5. The lowest BCUT2D eigenvalue weighted by Crippen LogP contribution is -2.35. The first kappa shape index (κ1) is 17.0. The summed E-state index contributed by atoms with van der Waals surface area (Å²) < 4.78 is 5.80. The van der Waals surface area contributed by atoms with E-state index in [2.05, 4.69) is 62.0 Å². The topological polar surface area (TPSA) is 54.2 Å². The molecule has 0 fully saturated rings. The number of anilines is 1. The molecule has 0 amide bonds. The van der Waals surface area contributed by atoms with E-state index < -0.39 is 0 Å². The molecular weight excluding hydrogens is 252 g/mol. The zero-order chi connectivity index (χ0) is 15.2. The second-order valence-electron chi connectivity index (χ2n) is 6.39. The molecule has 1 heterocycles. The van der Waals surface area contributed by atoms with Gasteiger partial charge in [-0.15, -0.1) is 5.10 Å². The Balaban J connectivity index is 2.70. The second kappa shape index (κ2) is 7.62. The van der Waals surface area contributed by atoms with E-state index in [-0.39, 0.29) is 5.54 Å². The second-order valence-corrected chi connectivity index (χ2v) is 6.39. The number of rotatable bonds is 8. The van der Waals surface area contributed by atoms with Gasteiger partial charge in [0.1, 0.15) is 0 Å². The number of unbranched alkanes of at least 4 members (excludes halogenated alkanes) is 1. The van der Waals surface area contributed by atoms with Crippen LogP contribution in [-0.4, -0.2) is 28.3 Å². The Morgan fingerprint density at radius 1 is 1.25 bits per heavy atom. The number of hydrogen-bond donors (Lipinski definition) is 1. The predicted octanol–water partition coefficient (Wildman–Crippen LogP) is 3.36. The molecule has 0 saturated heterocycles. The van der Waals surface area contributed by atoms with E-state index in [1.165, 1.54) is 6.42 Å². The van der Waals surface area contributed by atoms with Crippen LogP contribution in [0.2, 0.25) is 0 Å². The van der Waals surface area contributed by atoms with Crippen LogP contribution in [0.1, 0.15) is 66.7 Å². The molecule has 1 aromatic rings. The van der Waals surface area contributed by atoms with Crippen LogP contribution in [0.5, 0.6) is 0 Å². The Hall–Kier alpha value is -1.10. The molecule has 1 rings (SSSR count). The van der Waals surface area contributed by atoms with Gasteiger partial charge in [0.2, 0.25) is 5.89 Å². The first-order valence-electron chi connectivity index (χ1n) is 7.71. The lowest BCUT2D eigenvalue weighted by Gasteiger charge is -2.26. The smallest absolute Gasteiger partial charge is 0.318 e. The maximum absolute atomic E-state index is 5.80. The minimum atomic E-state index is 0.0489. The molecule has 1 unspecified atom stereocenters. The highest BCUT2D eigenvalue weighted by Gasteiger charge is 2.19. The van der Waals surface area contributed by atoms with Crippen molar-refractivity contribution in [2.24, 2.45) is 0 Å². The van der Waals surface area contributed by atoms with E-state index >= 15 is 0 Å². The molecule has 0 aliphatic carbocycles. The average molecular weight is 282 g/mol. The van der Waals surface area contributed by atoms with Crippen LogP contribution in [0, 0.1) is 0 Å². The van der Waals surface area contributed by atoms with Gasteiger partial charge in [0.25, 0.3) is 0 Å². The van der Waals surface area contributed by atoms with Crippen molar-refractivity contribution >= 4 is 6.01 Å². The molecule has 0 aliphatic rings. The minimum Gasteiger partial charge on any atom is -0.407 e. The molecule has 0 saturated carbocycles. The normalized spacial score (nSPS) is 13.5. The lowest BCUT2D eigenvalue weighted by atomic mass is 10.1. The number of nitrogens with zero attached hydrogens (tertiary/aromatic N) is 3. The third-order valence-electron chi connectivity index (χ3n) is 3.35. The van der Waals surface area contributed by atoms with Gasteiger partial charge in [-0.2, -0.15) is 0 Å². The molecule has 0 aromatic carbocycles. The summed E-state index contributed by atoms with van der Waals surface area (Å²) in [6.07, 6.45) is 3.38. The molecular formula is C15H30N4O. The number of aromatic nitrogens is 2. The zero-order valence-electron chi connectivity index (χ0n) is 13.9. The van der Waals surface area contributed by atoms with Gasteiger partial charge in [-0.25, -0.2) is 0 Å². The van der Waals surface area contributed by atoms with Crippen molar-refractivity contribution in [3.8, 4) is 0 Å². The van der Waals surface area contributed by atoms with Crippen LogP contribution in [0.3, 0.4) is 0 Å². The number of hydrogen-bond acceptors (Lipinski definition) is 5. The maximum Gasteiger partial charge on any atom is 0.318 e. The summed E-state index contributed by atoms with van der Waals surface area (Å²) in [5, 5.41) is 11.7. The fourth-order valence-electron chi connectivity index (χ4n) is 1.83. The molecule has 5 heteroatoms. The van der Waals surface area contributed by atoms with E-state index in [1.54, 1.807) is 0 Å². The fourth-order valence-corrected chi connectivity index (χ4v) is 1.83. The monoisotopic (exact) mass is 282 g/mol. The quantitative estimate of drug-likeness (QED) is 0.792. The Labute approximate surface area is 123 Å². The van der Waals surface area contributed by atoms with Crippen LogP contribution >= 0.6 is 0 Å². The minimum absolute atomic E-state index is 0.0489. The molecule has 1 atom stereocenters. The van der Waals surface area contributed by atoms with Gasteiger partial charge in [-0.3, -0.25) is 0 Å². The van der Waals surface area contributed by atoms with E-state index in [4.69, 9.17) is 4.42 Å². The first-order valence-corrected chi connectivity index (χ1v) is 7.71. The molecule has 0 aliphatic heterocycles. The van der Waals surface area contributed by atoms with Crippen molar-refractivity contribution in [2.45, 2.75) is 78.9 Å². The van der Waals surface area contributed by atoms with Crippen molar-refractivity contribution in [3.63, 3.8) is 0 Å². The van der Waals surface area contributed by atoms with Gasteiger partial charge in [0.05, 0.1) is 6.54 Å². The maximum atomic E-state index is 5.80. The molecule has 5 nitrogen and oxygen atoms in total. The standard InChI is InChI=1S/C15H30N4O/c1-7-9-10-19(12(3)8-2)14-18-17-13(20-14)11-16-15(4,5)6/h12,16H,7-11H2,1-6H3. The van der Waals surface area contributed by atoms with E-state index in [0.29, 0.717) is 24.5 Å². The van der Waals surface area contributed by atoms with Gasteiger partial charge in [-0.05, 0) is 40.5 Å². The van der Waals surface area contributed by atoms with Crippen molar-refractivity contribution in [2.75, 3.05) is 11.4 Å². The van der Waals surface area contributed by atoms with Crippen LogP contribution in [-0.2, 0) is 6.54 Å². The Bertz CT molecular complexity index is 383. The largest absolute Gasteiger partial charge is 0.407 e. The predicted molar refractivity (Wildman–Crippen MR) is 82.9 cm³/mol. The Kier molecular flexibility index (Phi) is 6.46. The third-order valence-corrected chi connectivity index (χ3v) is 3.35. The van der Waals surface area contributed by atoms with Gasteiger partial charge in [0.15, 0.2) is 0 Å². The van der Waals surface area contributed by atoms with Crippen molar-refractivity contribution < 1.29 is 4.42 Å². The highest BCUT2D eigenvalue weighted by atomic mass is 16.4. The molecule has 116 valence electrons. The van der Waals surface area contributed by atoms with Gasteiger partial charge in [0, 0.05) is 18.1 Å². The summed E-state index contributed by atoms with van der Waals surface area (Å²) in [5.41, 5.74) is 0.0489. The summed E-state index contributed by atoms with van der Waals surface area (Å²) in [4.78, 5) is 2.22. The van der Waals surface area contributed by atoms with Crippen LogP contribution in [0.4, 0.5) is 6.01 Å². The average Bonchev–Trinajstić information content (AvgIpc) is 2.84. The highest BCUT2D eigenvalue weighted by molar-refractivity contribution is 5.25. The summed E-state index contributed by atoms with van der Waals surface area (Å²) >= 11 is 0. The summed E-state index contributed by atoms with van der Waals surface area (Å²) in [7, 11) is 0. The third kappa shape index (κ3) is 5.49. The summed E-state index contributed by atoms with van der Waals surface area (Å²) in [5.74, 6) is 0.653. The SMILES string of the molecule is CCCCN(c1nnc(CNC(C)(C)C)o1)C(C)CC. The fraction of sp³-hybridized carbons (Fsp3) is 0.867. The van der Waals surface area contributed by atoms with E-state index in [1.807, 2.05) is 0 Å². The molecule has 0 bridgehead atoms. The molecule has 0 radical (unpaired) electrons. The number of nitrogens with one attached hydrogen (secondary N) is 1. The zero-order valence-corrected chi connectivity index (χ0v) is 13.9. The molecule has 1 N–H and O–H groups in total. The van der Waals surface area contributed by atoms with Crippen LogP contribution < -0.4 is 10.2 Å². The Morgan fingerprint density at radius 3 is 2.50 bits per heavy atom. The van der Waals surface area contributed by atoms with E-state index in [0.717, 1.165) is 19.4 Å². The van der Waals surface area contributed by atoms with Gasteiger partial charge >= 0.3 is 6.01 Å². The van der Waals surface area contributed by atoms with E-state index in [9.17, 15) is 0 Å². The molecule has 0 spiro atoms. The van der Waals surface area contributed by atoms with Gasteiger partial charge < -0.3 is 14.6 Å². The van der Waals surface area contributed by atoms with Gasteiger partial charge in [-0.1, -0.05) is 25.4 Å². The molecule has 20 heavy (non-hydrogen) atoms. The first-order chi connectivity index (χ1) is 9.37. The van der Waals surface area contributed by atoms with Crippen LogP contribution in [0.25, 0.3) is 0 Å². The lowest BCUT2D eigenvalue weighted by molar-refractivity contribution is 0.377. The highest BCUT2D eigenvalue weighted by Crippen LogP contribution is 2.18. The Morgan fingerprint density at radius 2 is 1.95 bits per heavy atom. The van der Waals surface area contributed by atoms with Crippen molar-refractivity contribution in [1.82, 2.24) is 15.5 Å². The molecule has 1 aromatic heterocycles. The summed E-state index contributed by atoms with van der Waals surface area (Å²) in [6, 6.07) is 1.07. The van der Waals surface area contributed by atoms with Crippen LogP contribution in [0.15, 0.2) is 4.42 Å².